The molecular formula is C18H21F2N3O3. The van der Waals surface area contributed by atoms with E-state index in [0.717, 1.165) is 0 Å². The van der Waals surface area contributed by atoms with E-state index in [9.17, 15) is 13.6 Å². The van der Waals surface area contributed by atoms with Crippen LogP contribution in [-0.4, -0.2) is 65.3 Å². The zero-order chi connectivity index (χ0) is 18.3. The summed E-state index contributed by atoms with van der Waals surface area (Å²) in [4.78, 5) is 19.2. The molecule has 2 fully saturated rings. The van der Waals surface area contributed by atoms with Crippen molar-refractivity contribution >= 4 is 17.0 Å². The van der Waals surface area contributed by atoms with Crippen LogP contribution in [0.1, 0.15) is 23.2 Å². The number of esters is 1. The summed E-state index contributed by atoms with van der Waals surface area (Å²) in [5, 5.41) is 0.537. The number of fused-ring (bicyclic) bond motifs is 3. The number of rotatable bonds is 4. The van der Waals surface area contributed by atoms with Crippen LogP contribution in [0.15, 0.2) is 24.5 Å². The van der Waals surface area contributed by atoms with Gasteiger partial charge >= 0.3 is 5.97 Å². The van der Waals surface area contributed by atoms with Crippen molar-refractivity contribution in [1.82, 2.24) is 14.5 Å². The molecule has 2 saturated heterocycles. The van der Waals surface area contributed by atoms with Gasteiger partial charge in [-0.05, 0) is 19.2 Å². The summed E-state index contributed by atoms with van der Waals surface area (Å²) < 4.78 is 38.3. The number of aromatic nitrogens is 2. The highest BCUT2D eigenvalue weighted by Crippen LogP contribution is 2.29. The molecule has 2 aliphatic rings. The lowest BCUT2D eigenvalue weighted by Crippen LogP contribution is -2.56. The second-order valence-electron chi connectivity index (χ2n) is 6.97. The van der Waals surface area contributed by atoms with Crippen LogP contribution in [0.5, 0.6) is 0 Å². The minimum Gasteiger partial charge on any atom is -0.459 e. The van der Waals surface area contributed by atoms with Crippen molar-refractivity contribution in [2.45, 2.75) is 44.0 Å². The smallest absolute Gasteiger partial charge is 0.340 e. The molecule has 2 bridgehead atoms. The second kappa shape index (κ2) is 6.92. The molecule has 4 heterocycles. The van der Waals surface area contributed by atoms with Gasteiger partial charge in [-0.2, -0.15) is 0 Å². The zero-order valence-electron chi connectivity index (χ0n) is 14.5. The van der Waals surface area contributed by atoms with Gasteiger partial charge in [0.1, 0.15) is 11.8 Å². The summed E-state index contributed by atoms with van der Waals surface area (Å²) >= 11 is 0. The largest absolute Gasteiger partial charge is 0.459 e. The molecule has 0 saturated carbocycles. The van der Waals surface area contributed by atoms with Gasteiger partial charge in [-0.25, -0.2) is 18.6 Å². The topological polar surface area (TPSA) is 56.6 Å². The molecule has 0 unspecified atom stereocenters. The van der Waals surface area contributed by atoms with E-state index in [4.69, 9.17) is 9.47 Å². The molecule has 0 amide bonds. The van der Waals surface area contributed by atoms with Gasteiger partial charge in [0.25, 0.3) is 6.43 Å². The summed E-state index contributed by atoms with van der Waals surface area (Å²) in [5.74, 6) is -0.482. The molecule has 2 aliphatic heterocycles. The van der Waals surface area contributed by atoms with Crippen LogP contribution in [0.2, 0.25) is 0 Å². The van der Waals surface area contributed by atoms with Crippen LogP contribution in [-0.2, 0) is 16.0 Å². The number of hydrogen-bond acceptors (Lipinski definition) is 5. The molecule has 0 aromatic carbocycles. The predicted molar refractivity (Wildman–Crippen MR) is 90.3 cm³/mol. The summed E-state index contributed by atoms with van der Waals surface area (Å²) in [7, 11) is 2.07. The maximum absolute atomic E-state index is 12.8. The maximum atomic E-state index is 12.8. The fourth-order valence-electron chi connectivity index (χ4n) is 3.93. The van der Waals surface area contributed by atoms with E-state index >= 15 is 0 Å². The van der Waals surface area contributed by atoms with Crippen molar-refractivity contribution in [3.05, 3.63) is 30.1 Å². The molecule has 6 nitrogen and oxygen atoms in total. The molecule has 140 valence electrons. The average molecular weight is 365 g/mol. The van der Waals surface area contributed by atoms with Gasteiger partial charge < -0.3 is 14.0 Å². The van der Waals surface area contributed by atoms with E-state index in [-0.39, 0.29) is 23.8 Å². The van der Waals surface area contributed by atoms with Crippen LogP contribution in [0.4, 0.5) is 8.78 Å². The number of carbonyl (C=O) groups excluding carboxylic acids is 1. The number of likely N-dealkylation sites (N-methyl/N-ethyl adjacent to an activating group) is 1. The highest BCUT2D eigenvalue weighted by Gasteiger charge is 2.38. The minimum absolute atomic E-state index is 0.192. The Bertz CT molecular complexity index is 796. The predicted octanol–water partition coefficient (Wildman–Crippen LogP) is 2.32. The lowest BCUT2D eigenvalue weighted by molar-refractivity contribution is -0.0970. The van der Waals surface area contributed by atoms with Gasteiger partial charge in [0.05, 0.1) is 25.3 Å². The normalized spacial score (nSPS) is 26.4. The van der Waals surface area contributed by atoms with Gasteiger partial charge in [0.15, 0.2) is 0 Å². The first-order valence-electron chi connectivity index (χ1n) is 8.75. The summed E-state index contributed by atoms with van der Waals surface area (Å²) in [6.45, 7) is 0.772. The summed E-state index contributed by atoms with van der Waals surface area (Å²) in [6.07, 6.45) is 1.66. The molecule has 3 atom stereocenters. The third-order valence-electron chi connectivity index (χ3n) is 5.30. The number of morpholine rings is 1. The molecule has 2 aromatic rings. The van der Waals surface area contributed by atoms with Crippen molar-refractivity contribution in [3.63, 3.8) is 0 Å². The Morgan fingerprint density at radius 2 is 2.12 bits per heavy atom. The molecule has 8 heteroatoms. The highest BCUT2D eigenvalue weighted by molar-refractivity contribution is 6.03. The molecule has 4 rings (SSSR count). The number of halogens is 2. The van der Waals surface area contributed by atoms with Crippen molar-refractivity contribution in [3.8, 4) is 0 Å². The Morgan fingerprint density at radius 1 is 1.38 bits per heavy atom. The van der Waals surface area contributed by atoms with Gasteiger partial charge in [-0.15, -0.1) is 0 Å². The molecule has 0 N–H and O–H groups in total. The van der Waals surface area contributed by atoms with Gasteiger partial charge in [0, 0.05) is 42.7 Å². The number of ether oxygens (including phenoxy) is 2. The third-order valence-corrected chi connectivity index (χ3v) is 5.30. The van der Waals surface area contributed by atoms with Crippen molar-refractivity contribution in [2.24, 2.45) is 0 Å². The molecular weight excluding hydrogens is 344 g/mol. The van der Waals surface area contributed by atoms with Gasteiger partial charge in [0.2, 0.25) is 0 Å². The first kappa shape index (κ1) is 17.4. The van der Waals surface area contributed by atoms with Crippen LogP contribution in [0, 0.1) is 0 Å². The fraction of sp³-hybridized carbons (Fsp3) is 0.556. The molecule has 26 heavy (non-hydrogen) atoms. The van der Waals surface area contributed by atoms with Gasteiger partial charge in [-0.1, -0.05) is 0 Å². The van der Waals surface area contributed by atoms with Crippen molar-refractivity contribution in [1.29, 1.82) is 0 Å². The standard InChI is InChI=1S/C18H21F2N3O3/c1-22-11-5-13(6-12(22)10-25-9-11)26-18(24)15-7-23(8-16(19)20)17-14(15)3-2-4-21-17/h2-4,7,11-13,16H,5-6,8-10H2,1H3/t11-,12+,13-. The maximum Gasteiger partial charge on any atom is 0.340 e. The number of pyridine rings is 1. The van der Waals surface area contributed by atoms with E-state index < -0.39 is 18.9 Å². The van der Waals surface area contributed by atoms with Gasteiger partial charge in [-0.3, -0.25) is 4.90 Å². The van der Waals surface area contributed by atoms with Crippen LogP contribution >= 0.6 is 0 Å². The highest BCUT2D eigenvalue weighted by atomic mass is 19.3. The Kier molecular flexibility index (Phi) is 4.62. The summed E-state index contributed by atoms with van der Waals surface area (Å²) in [6, 6.07) is 3.87. The SMILES string of the molecule is CN1[C@@H]2COC[C@H]1C[C@@H](OC(=O)c1cn(CC(F)F)c3ncccc13)C2. The minimum atomic E-state index is -2.52. The summed E-state index contributed by atoms with van der Waals surface area (Å²) in [5.41, 5.74) is 0.655. The van der Waals surface area contributed by atoms with Crippen LogP contribution in [0.25, 0.3) is 11.0 Å². The Labute approximate surface area is 149 Å². The molecule has 0 spiro atoms. The number of piperidine rings is 1. The lowest BCUT2D eigenvalue weighted by Gasteiger charge is -2.46. The van der Waals surface area contributed by atoms with Crippen LogP contribution < -0.4 is 0 Å². The second-order valence-corrected chi connectivity index (χ2v) is 6.97. The first-order valence-corrected chi connectivity index (χ1v) is 8.75. The Hall–Kier alpha value is -2.06. The van der Waals surface area contributed by atoms with E-state index in [1.165, 1.54) is 17.0 Å². The average Bonchev–Trinajstić information content (AvgIpc) is 2.94. The van der Waals surface area contributed by atoms with E-state index in [1.54, 1.807) is 12.1 Å². The lowest BCUT2D eigenvalue weighted by atomic mass is 9.92. The number of nitrogens with zero attached hydrogens (tertiary/aromatic N) is 3. The number of alkyl halides is 2. The molecule has 2 aromatic heterocycles. The Balaban J connectivity index is 1.55. The fourth-order valence-corrected chi connectivity index (χ4v) is 3.93. The third kappa shape index (κ3) is 3.19. The number of hydrogen-bond donors (Lipinski definition) is 0. The van der Waals surface area contributed by atoms with E-state index in [2.05, 4.69) is 16.9 Å². The van der Waals surface area contributed by atoms with Crippen molar-refractivity contribution in [2.75, 3.05) is 20.3 Å². The van der Waals surface area contributed by atoms with Crippen LogP contribution in [0.3, 0.4) is 0 Å². The van der Waals surface area contributed by atoms with E-state index in [1.807, 2.05) is 0 Å². The monoisotopic (exact) mass is 365 g/mol. The van der Waals surface area contributed by atoms with E-state index in [0.29, 0.717) is 37.1 Å². The number of carbonyl (C=O) groups is 1. The molecule has 0 radical (unpaired) electrons. The van der Waals surface area contributed by atoms with Crippen molar-refractivity contribution < 1.29 is 23.0 Å². The molecule has 0 aliphatic carbocycles. The Morgan fingerprint density at radius 3 is 2.81 bits per heavy atom. The first-order chi connectivity index (χ1) is 12.5. The quantitative estimate of drug-likeness (QED) is 0.779. The zero-order valence-corrected chi connectivity index (χ0v) is 14.5.